The molecule has 2 heterocycles. The number of nitrogens with one attached hydrogen (secondary N) is 2. The molecule has 0 aromatic heterocycles. The monoisotopic (exact) mass is 534 g/mol. The van der Waals surface area contributed by atoms with Crippen molar-refractivity contribution in [3.63, 3.8) is 0 Å². The number of hydrogen-bond acceptors (Lipinski definition) is 9. The smallest absolute Gasteiger partial charge is 0.411 e. The minimum atomic E-state index is -1.12. The first-order valence-corrected chi connectivity index (χ1v) is 12.6. The van der Waals surface area contributed by atoms with Crippen LogP contribution in [0.2, 0.25) is 0 Å². The van der Waals surface area contributed by atoms with Gasteiger partial charge in [0.05, 0.1) is 24.7 Å². The lowest BCUT2D eigenvalue weighted by Crippen LogP contribution is -2.45. The average Bonchev–Trinajstić information content (AvgIpc) is 3.21. The molecule has 11 heteroatoms. The summed E-state index contributed by atoms with van der Waals surface area (Å²) >= 11 is 0. The number of alkyl carbamates (subject to hydrolysis) is 2. The van der Waals surface area contributed by atoms with Gasteiger partial charge in [-0.3, -0.25) is 10.6 Å². The Bertz CT molecular complexity index is 1360. The number of carbonyl (C=O) groups excluding carboxylic acids is 5. The van der Waals surface area contributed by atoms with Crippen molar-refractivity contribution >= 4 is 30.7 Å². The van der Waals surface area contributed by atoms with E-state index in [1.165, 1.54) is 0 Å². The molecule has 1 aromatic carbocycles. The Kier molecular flexibility index (Phi) is 7.31. The molecule has 11 nitrogen and oxygen atoms in total. The molecule has 0 bridgehead atoms. The highest BCUT2D eigenvalue weighted by atomic mass is 16.6. The predicted molar refractivity (Wildman–Crippen MR) is 134 cm³/mol. The molecule has 2 aliphatic heterocycles. The summed E-state index contributed by atoms with van der Waals surface area (Å²) in [5, 5.41) is 5.32. The Balaban J connectivity index is 1.48. The maximum atomic E-state index is 13.0. The summed E-state index contributed by atoms with van der Waals surface area (Å²) in [7, 11) is 0. The first-order chi connectivity index (χ1) is 19.0. The number of hydrogen-bond donors (Lipinski definition) is 2. The van der Waals surface area contributed by atoms with Crippen molar-refractivity contribution < 1.29 is 42.9 Å². The Morgan fingerprint density at radius 1 is 1.00 bits per heavy atom. The van der Waals surface area contributed by atoms with Gasteiger partial charge in [0.2, 0.25) is 0 Å². The molecular formula is C28H26N2O9. The largest absolute Gasteiger partial charge is 0.461 e. The highest BCUT2D eigenvalue weighted by Crippen LogP contribution is 2.58. The first kappa shape index (κ1) is 26.0. The summed E-state index contributed by atoms with van der Waals surface area (Å²) in [5.74, 6) is 0.0648. The minimum Gasteiger partial charge on any atom is -0.461 e. The van der Waals surface area contributed by atoms with Gasteiger partial charge in [-0.05, 0) is 25.3 Å². The van der Waals surface area contributed by atoms with Crippen LogP contribution in [-0.2, 0) is 34.1 Å². The van der Waals surface area contributed by atoms with Gasteiger partial charge >= 0.3 is 18.2 Å². The van der Waals surface area contributed by atoms with E-state index in [0.29, 0.717) is 60.3 Å². The number of aldehydes is 2. The zero-order valence-electron chi connectivity index (χ0n) is 20.9. The summed E-state index contributed by atoms with van der Waals surface area (Å²) < 4.78 is 22.5. The molecule has 5 rings (SSSR count). The van der Waals surface area contributed by atoms with Gasteiger partial charge in [-0.15, -0.1) is 0 Å². The molecule has 1 spiro atoms. The van der Waals surface area contributed by atoms with Crippen molar-refractivity contribution in [2.24, 2.45) is 5.92 Å². The van der Waals surface area contributed by atoms with Gasteiger partial charge in [-0.25, -0.2) is 14.4 Å². The van der Waals surface area contributed by atoms with E-state index in [1.54, 1.807) is 24.3 Å². The third-order valence-corrected chi connectivity index (χ3v) is 6.88. The van der Waals surface area contributed by atoms with E-state index >= 15 is 0 Å². The Hall–Kier alpha value is -4.67. The average molecular weight is 535 g/mol. The second kappa shape index (κ2) is 11.0. The number of allylic oxidation sites excluding steroid dienone is 4. The number of benzene rings is 1. The normalized spacial score (nSPS) is 22.5. The van der Waals surface area contributed by atoms with E-state index in [4.69, 9.17) is 18.9 Å². The van der Waals surface area contributed by atoms with Gasteiger partial charge in [0.25, 0.3) is 0 Å². The zero-order valence-corrected chi connectivity index (χ0v) is 20.9. The topological polar surface area (TPSA) is 146 Å². The summed E-state index contributed by atoms with van der Waals surface area (Å²) in [6.07, 6.45) is 6.53. The van der Waals surface area contributed by atoms with Crippen LogP contribution in [0.3, 0.4) is 0 Å². The molecule has 0 saturated carbocycles. The molecule has 0 saturated heterocycles. The molecule has 1 aromatic rings. The van der Waals surface area contributed by atoms with E-state index in [-0.39, 0.29) is 26.1 Å². The van der Waals surface area contributed by atoms with Crippen molar-refractivity contribution in [1.82, 2.24) is 10.6 Å². The number of esters is 1. The lowest BCUT2D eigenvalue weighted by Gasteiger charge is -2.45. The van der Waals surface area contributed by atoms with E-state index in [0.717, 1.165) is 11.1 Å². The molecule has 4 aliphatic rings. The standard InChI is InChI=1S/C28H26N2O9/c31-11-3-13-36-26(34)29-17-7-9-21-23(15-17)38-24-16-18(30-27(35)37-14-4-12-32)8-10-22(24)28(21)20-6-2-1-5-19(20)25(33)39-28/h1-2,5-7,11-12,15-16,21H,3-4,8-10,13-14H2,(H,29,34)(H,30,35). The van der Waals surface area contributed by atoms with Crippen LogP contribution in [0.25, 0.3) is 0 Å². The van der Waals surface area contributed by atoms with E-state index in [9.17, 15) is 24.0 Å². The predicted octanol–water partition coefficient (Wildman–Crippen LogP) is 3.43. The maximum absolute atomic E-state index is 13.0. The van der Waals surface area contributed by atoms with Gasteiger partial charge in [0, 0.05) is 47.5 Å². The third kappa shape index (κ3) is 4.95. The van der Waals surface area contributed by atoms with E-state index in [1.807, 2.05) is 18.2 Å². The van der Waals surface area contributed by atoms with Crippen molar-refractivity contribution in [3.05, 3.63) is 82.1 Å². The van der Waals surface area contributed by atoms with Crippen LogP contribution in [0.1, 0.15) is 48.0 Å². The molecule has 2 amide bonds. The van der Waals surface area contributed by atoms with Crippen molar-refractivity contribution in [3.8, 4) is 0 Å². The second-order valence-electron chi connectivity index (χ2n) is 9.21. The van der Waals surface area contributed by atoms with Crippen LogP contribution < -0.4 is 10.6 Å². The summed E-state index contributed by atoms with van der Waals surface area (Å²) in [5.41, 5.74) is 1.85. The van der Waals surface area contributed by atoms with E-state index < -0.39 is 29.7 Å². The number of ether oxygens (including phenoxy) is 4. The minimum absolute atomic E-state index is 0.0306. The van der Waals surface area contributed by atoms with Gasteiger partial charge in [0.15, 0.2) is 5.60 Å². The number of fused-ring (bicyclic) bond motifs is 5. The fourth-order valence-electron chi connectivity index (χ4n) is 5.27. The lowest BCUT2D eigenvalue weighted by molar-refractivity contribution is -0.109. The molecule has 2 unspecified atom stereocenters. The third-order valence-electron chi connectivity index (χ3n) is 6.88. The van der Waals surface area contributed by atoms with Crippen LogP contribution in [0, 0.1) is 5.92 Å². The first-order valence-electron chi connectivity index (χ1n) is 12.6. The molecule has 39 heavy (non-hydrogen) atoms. The van der Waals surface area contributed by atoms with Crippen LogP contribution in [0.5, 0.6) is 0 Å². The molecule has 202 valence electrons. The molecule has 0 radical (unpaired) electrons. The van der Waals surface area contributed by atoms with Crippen molar-refractivity contribution in [2.45, 2.75) is 37.7 Å². The number of rotatable bonds is 8. The summed E-state index contributed by atoms with van der Waals surface area (Å²) in [4.78, 5) is 58.3. The quantitative estimate of drug-likeness (QED) is 0.222. The molecular weight excluding hydrogens is 508 g/mol. The van der Waals surface area contributed by atoms with Crippen molar-refractivity contribution in [1.29, 1.82) is 0 Å². The highest BCUT2D eigenvalue weighted by Gasteiger charge is 2.58. The molecule has 0 fully saturated rings. The van der Waals surface area contributed by atoms with Gasteiger partial charge < -0.3 is 28.5 Å². The SMILES string of the molecule is O=CCCOC(=O)NC1=CCC2C(=C1)OC1=C(CCC(NC(=O)OCCC=O)=C1)C21OC(=O)c2ccccc21. The fraction of sp³-hybridized carbons (Fsp3) is 0.321. The highest BCUT2D eigenvalue weighted by molar-refractivity contribution is 5.95. The van der Waals surface area contributed by atoms with Crippen LogP contribution in [0.15, 0.2) is 71.0 Å². The van der Waals surface area contributed by atoms with Gasteiger partial charge in [-0.1, -0.05) is 24.3 Å². The second-order valence-corrected chi connectivity index (χ2v) is 9.21. The molecule has 2 atom stereocenters. The molecule has 2 N–H and O–H groups in total. The van der Waals surface area contributed by atoms with Crippen LogP contribution in [-0.4, -0.2) is 43.9 Å². The van der Waals surface area contributed by atoms with E-state index in [2.05, 4.69) is 10.6 Å². The maximum Gasteiger partial charge on any atom is 0.411 e. The lowest BCUT2D eigenvalue weighted by atomic mass is 9.68. The van der Waals surface area contributed by atoms with Gasteiger partial charge in [0.1, 0.15) is 24.1 Å². The van der Waals surface area contributed by atoms with Gasteiger partial charge in [-0.2, -0.15) is 0 Å². The summed E-state index contributed by atoms with van der Waals surface area (Å²) in [6.45, 7) is -0.0697. The number of carbonyl (C=O) groups is 5. The van der Waals surface area contributed by atoms with Crippen molar-refractivity contribution in [2.75, 3.05) is 13.2 Å². The van der Waals surface area contributed by atoms with Crippen LogP contribution >= 0.6 is 0 Å². The Morgan fingerprint density at radius 2 is 1.72 bits per heavy atom. The van der Waals surface area contributed by atoms with Crippen LogP contribution in [0.4, 0.5) is 9.59 Å². The summed E-state index contributed by atoms with van der Waals surface area (Å²) in [6, 6.07) is 7.23. The Morgan fingerprint density at radius 3 is 2.46 bits per heavy atom. The number of amides is 2. The Labute approximate surface area is 223 Å². The fourth-order valence-corrected chi connectivity index (χ4v) is 5.27. The zero-order chi connectivity index (χ0) is 27.4. The molecule has 2 aliphatic carbocycles.